The molecule has 1 aliphatic heterocycles. The smallest absolute Gasteiger partial charge is 0.147 e. The lowest BCUT2D eigenvalue weighted by atomic mass is 9.97. The predicted octanol–water partition coefficient (Wildman–Crippen LogP) is 2.81. The maximum atomic E-state index is 11.4. The summed E-state index contributed by atoms with van der Waals surface area (Å²) < 4.78 is 0. The van der Waals surface area contributed by atoms with Crippen molar-refractivity contribution < 1.29 is 4.79 Å². The van der Waals surface area contributed by atoms with Crippen LogP contribution in [-0.2, 0) is 4.79 Å². The first-order valence-corrected chi connectivity index (χ1v) is 5.82. The van der Waals surface area contributed by atoms with E-state index in [0.29, 0.717) is 0 Å². The lowest BCUT2D eigenvalue weighted by molar-refractivity contribution is -0.109. The van der Waals surface area contributed by atoms with E-state index in [1.165, 1.54) is 0 Å². The molecule has 1 aromatic carbocycles. The summed E-state index contributed by atoms with van der Waals surface area (Å²) in [4.78, 5) is 17.6. The Kier molecular flexibility index (Phi) is 2.65. The fourth-order valence-electron chi connectivity index (χ4n) is 2.20. The molecule has 1 aromatic heterocycles. The lowest BCUT2D eigenvalue weighted by Gasteiger charge is -2.30. The van der Waals surface area contributed by atoms with E-state index in [4.69, 9.17) is 0 Å². The van der Waals surface area contributed by atoms with Gasteiger partial charge in [0, 0.05) is 12.4 Å². The summed E-state index contributed by atoms with van der Waals surface area (Å²) in [5.74, 6) is 0.778. The number of hydrogen-bond acceptors (Lipinski definition) is 3. The van der Waals surface area contributed by atoms with Crippen molar-refractivity contribution in [2.45, 2.75) is 6.04 Å². The summed E-state index contributed by atoms with van der Waals surface area (Å²) in [6, 6.07) is 13.3. The number of aromatic nitrogens is 1. The van der Waals surface area contributed by atoms with Gasteiger partial charge in [0.2, 0.25) is 0 Å². The second-order valence-electron chi connectivity index (χ2n) is 4.12. The van der Waals surface area contributed by atoms with Gasteiger partial charge in [-0.3, -0.25) is 0 Å². The molecule has 1 aliphatic rings. The van der Waals surface area contributed by atoms with Crippen LogP contribution >= 0.6 is 0 Å². The van der Waals surface area contributed by atoms with E-state index < -0.39 is 0 Å². The first kappa shape index (κ1) is 10.7. The number of aldehydes is 1. The molecular weight excluding hydrogens is 224 g/mol. The van der Waals surface area contributed by atoms with Crippen LogP contribution in [0.5, 0.6) is 0 Å². The first-order chi connectivity index (χ1) is 8.90. The number of anilines is 1. The Balaban J connectivity index is 2.08. The van der Waals surface area contributed by atoms with Crippen molar-refractivity contribution >= 4 is 18.2 Å². The van der Waals surface area contributed by atoms with Crippen LogP contribution in [0.2, 0.25) is 0 Å². The fraction of sp³-hybridized carbons (Fsp3) is 0.0667. The van der Waals surface area contributed by atoms with Crippen LogP contribution in [0.15, 0.2) is 54.9 Å². The monoisotopic (exact) mass is 236 g/mol. The Morgan fingerprint density at radius 3 is 2.72 bits per heavy atom. The van der Waals surface area contributed by atoms with Gasteiger partial charge in [0.25, 0.3) is 0 Å². The zero-order chi connectivity index (χ0) is 12.4. The van der Waals surface area contributed by atoms with E-state index in [1.807, 2.05) is 59.6 Å². The normalized spacial score (nSPS) is 17.3. The van der Waals surface area contributed by atoms with E-state index in [2.05, 4.69) is 4.98 Å². The minimum atomic E-state index is -0.305. The number of fused-ring (bicyclic) bond motifs is 1. The number of carbonyl (C=O) groups is 1. The third-order valence-electron chi connectivity index (χ3n) is 3.07. The van der Waals surface area contributed by atoms with Crippen molar-refractivity contribution in [2.75, 3.05) is 4.90 Å². The van der Waals surface area contributed by atoms with Crippen LogP contribution in [0.25, 0.3) is 6.08 Å². The number of benzene rings is 1. The standard InChI is InChI=1S/C15H12N2O/c18-11-14-13-6-2-1-5-12(13)8-10-17(14)15-7-3-4-9-16-15/h1-11,14H. The highest BCUT2D eigenvalue weighted by molar-refractivity contribution is 5.77. The third-order valence-corrected chi connectivity index (χ3v) is 3.07. The molecule has 88 valence electrons. The molecule has 2 heterocycles. The van der Waals surface area contributed by atoms with Crippen molar-refractivity contribution in [3.8, 4) is 0 Å². The molecule has 3 rings (SSSR count). The van der Waals surface area contributed by atoms with Gasteiger partial charge in [-0.1, -0.05) is 30.3 Å². The highest BCUT2D eigenvalue weighted by Crippen LogP contribution is 2.31. The van der Waals surface area contributed by atoms with Crippen LogP contribution in [-0.4, -0.2) is 11.3 Å². The van der Waals surface area contributed by atoms with Gasteiger partial charge in [-0.25, -0.2) is 4.98 Å². The largest absolute Gasteiger partial charge is 0.319 e. The summed E-state index contributed by atoms with van der Waals surface area (Å²) in [7, 11) is 0. The van der Waals surface area contributed by atoms with E-state index in [0.717, 1.165) is 23.2 Å². The molecule has 0 radical (unpaired) electrons. The molecule has 18 heavy (non-hydrogen) atoms. The molecule has 0 spiro atoms. The molecule has 0 amide bonds. The summed E-state index contributed by atoms with van der Waals surface area (Å²) in [5, 5.41) is 0. The molecule has 0 saturated carbocycles. The van der Waals surface area contributed by atoms with Gasteiger partial charge in [0.05, 0.1) is 0 Å². The highest BCUT2D eigenvalue weighted by Gasteiger charge is 2.24. The van der Waals surface area contributed by atoms with Crippen LogP contribution in [0.1, 0.15) is 17.2 Å². The van der Waals surface area contributed by atoms with Crippen LogP contribution in [0.4, 0.5) is 5.82 Å². The van der Waals surface area contributed by atoms with Gasteiger partial charge in [-0.05, 0) is 29.3 Å². The fourth-order valence-corrected chi connectivity index (χ4v) is 2.20. The Hall–Kier alpha value is -2.42. The van der Waals surface area contributed by atoms with E-state index >= 15 is 0 Å². The minimum absolute atomic E-state index is 0.305. The van der Waals surface area contributed by atoms with Crippen LogP contribution in [0.3, 0.4) is 0 Å². The summed E-state index contributed by atoms with van der Waals surface area (Å²) in [5.41, 5.74) is 2.10. The van der Waals surface area contributed by atoms with Crippen molar-refractivity contribution in [3.63, 3.8) is 0 Å². The number of pyridine rings is 1. The Labute approximate surface area is 105 Å². The molecule has 2 aromatic rings. The number of rotatable bonds is 2. The van der Waals surface area contributed by atoms with Crippen LogP contribution < -0.4 is 4.90 Å². The molecule has 3 heteroatoms. The van der Waals surface area contributed by atoms with Crippen LogP contribution in [0, 0.1) is 0 Å². The molecule has 0 bridgehead atoms. The Bertz CT molecular complexity index is 592. The third kappa shape index (κ3) is 1.70. The molecule has 1 unspecified atom stereocenters. The second kappa shape index (κ2) is 4.45. The van der Waals surface area contributed by atoms with Gasteiger partial charge in [0.15, 0.2) is 0 Å². The van der Waals surface area contributed by atoms with E-state index in [-0.39, 0.29) is 6.04 Å². The molecule has 0 N–H and O–H groups in total. The molecule has 1 atom stereocenters. The molecular formula is C15H12N2O. The number of nitrogens with zero attached hydrogens (tertiary/aromatic N) is 2. The summed E-state index contributed by atoms with van der Waals surface area (Å²) >= 11 is 0. The lowest BCUT2D eigenvalue weighted by Crippen LogP contribution is -2.27. The Morgan fingerprint density at radius 1 is 1.11 bits per heavy atom. The maximum Gasteiger partial charge on any atom is 0.147 e. The van der Waals surface area contributed by atoms with Gasteiger partial charge in [0.1, 0.15) is 18.1 Å². The van der Waals surface area contributed by atoms with Gasteiger partial charge in [-0.15, -0.1) is 0 Å². The quantitative estimate of drug-likeness (QED) is 0.752. The van der Waals surface area contributed by atoms with E-state index in [9.17, 15) is 4.79 Å². The number of carbonyl (C=O) groups excluding carboxylic acids is 1. The van der Waals surface area contributed by atoms with E-state index in [1.54, 1.807) is 6.20 Å². The molecule has 3 nitrogen and oxygen atoms in total. The molecule has 0 fully saturated rings. The molecule has 0 saturated heterocycles. The van der Waals surface area contributed by atoms with Gasteiger partial charge < -0.3 is 9.69 Å². The average molecular weight is 236 g/mol. The van der Waals surface area contributed by atoms with Gasteiger partial charge >= 0.3 is 0 Å². The summed E-state index contributed by atoms with van der Waals surface area (Å²) in [6.45, 7) is 0. The highest BCUT2D eigenvalue weighted by atomic mass is 16.1. The number of hydrogen-bond donors (Lipinski definition) is 0. The predicted molar refractivity (Wildman–Crippen MR) is 71.0 cm³/mol. The SMILES string of the molecule is O=CC1c2ccccc2C=CN1c1ccccn1. The topological polar surface area (TPSA) is 33.2 Å². The van der Waals surface area contributed by atoms with Gasteiger partial charge in [-0.2, -0.15) is 0 Å². The van der Waals surface area contributed by atoms with Crippen molar-refractivity contribution in [1.29, 1.82) is 0 Å². The van der Waals surface area contributed by atoms with Crippen molar-refractivity contribution in [3.05, 3.63) is 66.0 Å². The first-order valence-electron chi connectivity index (χ1n) is 5.82. The average Bonchev–Trinajstić information content (AvgIpc) is 2.47. The zero-order valence-corrected chi connectivity index (χ0v) is 9.73. The second-order valence-corrected chi connectivity index (χ2v) is 4.12. The molecule has 0 aliphatic carbocycles. The van der Waals surface area contributed by atoms with Crippen molar-refractivity contribution in [1.82, 2.24) is 4.98 Å². The summed E-state index contributed by atoms with van der Waals surface area (Å²) in [6.07, 6.45) is 6.59. The van der Waals surface area contributed by atoms with Crippen molar-refractivity contribution in [2.24, 2.45) is 0 Å². The minimum Gasteiger partial charge on any atom is -0.319 e. The zero-order valence-electron chi connectivity index (χ0n) is 9.73. The maximum absolute atomic E-state index is 11.4. The Morgan fingerprint density at radius 2 is 1.94 bits per heavy atom.